The topological polar surface area (TPSA) is 111 Å². The highest BCUT2D eigenvalue weighted by Crippen LogP contribution is 2.39. The van der Waals surface area contributed by atoms with Crippen molar-refractivity contribution in [2.24, 2.45) is 0 Å². The summed E-state index contributed by atoms with van der Waals surface area (Å²) in [4.78, 5) is 34.8. The normalized spacial score (nSPS) is 24.7. The molecule has 7 rings (SSSR count). The van der Waals surface area contributed by atoms with Crippen molar-refractivity contribution in [1.82, 2.24) is 24.7 Å². The summed E-state index contributed by atoms with van der Waals surface area (Å²) in [6.07, 6.45) is 5.97. The zero-order valence-electron chi connectivity index (χ0n) is 21.3. The fourth-order valence-electron chi connectivity index (χ4n) is 6.27. The molecule has 1 aliphatic carbocycles. The third kappa shape index (κ3) is 4.19. The second-order valence-electron chi connectivity index (χ2n) is 11.3. The van der Waals surface area contributed by atoms with Gasteiger partial charge in [-0.2, -0.15) is 0 Å². The van der Waals surface area contributed by atoms with E-state index in [1.165, 1.54) is 23.8 Å². The summed E-state index contributed by atoms with van der Waals surface area (Å²) < 4.78 is 2.30. The molecule has 3 aromatic rings. The fraction of sp³-hybridized carbons (Fsp3) is 0.483. The van der Waals surface area contributed by atoms with Gasteiger partial charge in [0, 0.05) is 54.9 Å². The molecule has 198 valence electrons. The van der Waals surface area contributed by atoms with E-state index in [4.69, 9.17) is 4.98 Å². The molecule has 0 radical (unpaired) electrons. The zero-order chi connectivity index (χ0) is 26.0. The molecule has 2 unspecified atom stereocenters. The zero-order valence-corrected chi connectivity index (χ0v) is 21.3. The van der Waals surface area contributed by atoms with Crippen LogP contribution in [0.2, 0.25) is 0 Å². The molecule has 5 heterocycles. The van der Waals surface area contributed by atoms with Crippen molar-refractivity contribution in [2.45, 2.75) is 76.0 Å². The number of aromatic nitrogens is 2. The number of nitrogens with one attached hydrogen (secondary N) is 1. The highest BCUT2D eigenvalue weighted by Gasteiger charge is 2.39. The van der Waals surface area contributed by atoms with Crippen molar-refractivity contribution in [3.05, 3.63) is 53.2 Å². The molecule has 9 heteroatoms. The Balaban J connectivity index is 1.22. The fourth-order valence-corrected chi connectivity index (χ4v) is 6.27. The summed E-state index contributed by atoms with van der Waals surface area (Å²) >= 11 is 0. The van der Waals surface area contributed by atoms with Gasteiger partial charge in [-0.05, 0) is 73.9 Å². The lowest BCUT2D eigenvalue weighted by Gasteiger charge is -2.32. The van der Waals surface area contributed by atoms with E-state index < -0.39 is 12.3 Å². The number of nitrogens with zero attached hydrogens (tertiary/aromatic N) is 4. The van der Waals surface area contributed by atoms with Crippen LogP contribution in [0.15, 0.2) is 36.5 Å². The Morgan fingerprint density at radius 3 is 2.55 bits per heavy atom. The van der Waals surface area contributed by atoms with Gasteiger partial charge in [-0.15, -0.1) is 0 Å². The van der Waals surface area contributed by atoms with Crippen LogP contribution < -0.4 is 5.32 Å². The van der Waals surface area contributed by atoms with Gasteiger partial charge in [-0.25, -0.2) is 4.98 Å². The lowest BCUT2D eigenvalue weighted by molar-refractivity contribution is -0.132. The molecule has 2 amide bonds. The average Bonchev–Trinajstić information content (AvgIpc) is 3.58. The average molecular weight is 516 g/mol. The number of carbonyl (C=O) groups excluding carboxylic acids is 2. The van der Waals surface area contributed by atoms with E-state index in [1.54, 1.807) is 4.90 Å². The quantitative estimate of drug-likeness (QED) is 0.482. The van der Waals surface area contributed by atoms with Gasteiger partial charge in [-0.3, -0.25) is 14.5 Å². The van der Waals surface area contributed by atoms with Crippen molar-refractivity contribution in [1.29, 1.82) is 0 Å². The Bertz CT molecular complexity index is 1420. The monoisotopic (exact) mass is 515 g/mol. The van der Waals surface area contributed by atoms with E-state index in [9.17, 15) is 19.8 Å². The first-order valence-corrected chi connectivity index (χ1v) is 13.8. The van der Waals surface area contributed by atoms with Crippen LogP contribution >= 0.6 is 0 Å². The van der Waals surface area contributed by atoms with Crippen molar-refractivity contribution in [3.63, 3.8) is 0 Å². The molecule has 0 spiro atoms. The molecule has 0 bridgehead atoms. The van der Waals surface area contributed by atoms with E-state index in [2.05, 4.69) is 33.1 Å². The number of piperidine rings is 2. The number of fused-ring (bicyclic) bond motifs is 2. The molecule has 38 heavy (non-hydrogen) atoms. The van der Waals surface area contributed by atoms with Crippen LogP contribution in [0.4, 0.5) is 0 Å². The van der Waals surface area contributed by atoms with E-state index in [0.29, 0.717) is 31.0 Å². The third-order valence-electron chi connectivity index (χ3n) is 8.60. The summed E-state index contributed by atoms with van der Waals surface area (Å²) in [7, 11) is 0. The summed E-state index contributed by atoms with van der Waals surface area (Å²) in [6.45, 7) is 2.95. The van der Waals surface area contributed by atoms with Crippen molar-refractivity contribution in [2.75, 3.05) is 13.1 Å². The SMILES string of the molecule is O=C1NC(O)CCC1N1Cc2cc(-c3cc(CN4CCC(O)CC4)c4ccn(C5CC5)c4n3)ccc2C1=O. The summed E-state index contributed by atoms with van der Waals surface area (Å²) in [6, 6.07) is 10.2. The molecule has 3 aliphatic heterocycles. The van der Waals surface area contributed by atoms with Crippen molar-refractivity contribution < 1.29 is 19.8 Å². The minimum absolute atomic E-state index is 0.137. The smallest absolute Gasteiger partial charge is 0.255 e. The Kier molecular flexibility index (Phi) is 5.76. The van der Waals surface area contributed by atoms with Crippen LogP contribution in [0, 0.1) is 0 Å². The molecule has 1 saturated carbocycles. The molecule has 2 atom stereocenters. The Hall–Kier alpha value is -3.27. The van der Waals surface area contributed by atoms with Crippen molar-refractivity contribution in [3.8, 4) is 11.3 Å². The Labute approximate surface area is 221 Å². The molecule has 3 fully saturated rings. The number of hydrogen-bond acceptors (Lipinski definition) is 6. The van der Waals surface area contributed by atoms with Gasteiger partial charge >= 0.3 is 0 Å². The molecule has 2 saturated heterocycles. The number of amides is 2. The van der Waals surface area contributed by atoms with E-state index in [-0.39, 0.29) is 17.9 Å². The Morgan fingerprint density at radius 1 is 0.974 bits per heavy atom. The lowest BCUT2D eigenvalue weighted by Crippen LogP contribution is -2.54. The van der Waals surface area contributed by atoms with Crippen LogP contribution in [0.3, 0.4) is 0 Å². The second kappa shape index (κ2) is 9.18. The van der Waals surface area contributed by atoms with E-state index in [1.807, 2.05) is 18.2 Å². The van der Waals surface area contributed by atoms with Crippen LogP contribution in [-0.2, 0) is 17.9 Å². The number of benzene rings is 1. The molecule has 9 nitrogen and oxygen atoms in total. The number of hydrogen-bond donors (Lipinski definition) is 3. The number of rotatable bonds is 5. The van der Waals surface area contributed by atoms with Gasteiger partial charge in [0.2, 0.25) is 5.91 Å². The standard InChI is InChI=1S/C29H33N5O4/c35-21-7-10-32(11-8-21)15-19-14-24(30-27-22(19)9-12-33(27)20-2-3-20)17-1-4-23-18(13-17)16-34(29(23)38)25-5-6-26(36)31-28(25)37/h1,4,9,12-14,20-21,25-26,35-36H,2-3,5-8,10-11,15-16H2,(H,31,37). The molecule has 2 aromatic heterocycles. The predicted molar refractivity (Wildman–Crippen MR) is 141 cm³/mol. The number of pyridine rings is 1. The maximum absolute atomic E-state index is 13.2. The number of aliphatic hydroxyl groups is 2. The minimum Gasteiger partial charge on any atom is -0.393 e. The van der Waals surface area contributed by atoms with Crippen molar-refractivity contribution >= 4 is 22.8 Å². The number of likely N-dealkylation sites (tertiary alicyclic amines) is 1. The van der Waals surface area contributed by atoms with Crippen LogP contribution in [0.5, 0.6) is 0 Å². The first-order valence-electron chi connectivity index (χ1n) is 13.8. The predicted octanol–water partition coefficient (Wildman–Crippen LogP) is 2.55. The number of aliphatic hydroxyl groups excluding tert-OH is 2. The second-order valence-corrected chi connectivity index (χ2v) is 11.3. The van der Waals surface area contributed by atoms with Gasteiger partial charge in [-0.1, -0.05) is 6.07 Å². The van der Waals surface area contributed by atoms with Gasteiger partial charge in [0.05, 0.1) is 11.8 Å². The summed E-state index contributed by atoms with van der Waals surface area (Å²) in [5.74, 6) is -0.435. The van der Waals surface area contributed by atoms with Crippen LogP contribution in [0.25, 0.3) is 22.3 Å². The largest absolute Gasteiger partial charge is 0.393 e. The molecular formula is C29H33N5O4. The molecule has 1 aromatic carbocycles. The highest BCUT2D eigenvalue weighted by molar-refractivity contribution is 6.01. The van der Waals surface area contributed by atoms with Crippen LogP contribution in [0.1, 0.15) is 66.1 Å². The van der Waals surface area contributed by atoms with Gasteiger partial charge in [0.25, 0.3) is 5.91 Å². The summed E-state index contributed by atoms with van der Waals surface area (Å²) in [5, 5.41) is 23.4. The minimum atomic E-state index is -0.842. The summed E-state index contributed by atoms with van der Waals surface area (Å²) in [5.41, 5.74) is 5.61. The van der Waals surface area contributed by atoms with Crippen LogP contribution in [-0.4, -0.2) is 72.8 Å². The number of carbonyl (C=O) groups is 2. The van der Waals surface area contributed by atoms with Gasteiger partial charge < -0.3 is 25.0 Å². The molecular weight excluding hydrogens is 482 g/mol. The first-order chi connectivity index (χ1) is 18.4. The van der Waals surface area contributed by atoms with Gasteiger partial charge in [0.15, 0.2) is 0 Å². The maximum atomic E-state index is 13.2. The third-order valence-corrected chi connectivity index (χ3v) is 8.60. The Morgan fingerprint density at radius 2 is 1.79 bits per heavy atom. The molecule has 3 N–H and O–H groups in total. The van der Waals surface area contributed by atoms with E-state index >= 15 is 0 Å². The van der Waals surface area contributed by atoms with Gasteiger partial charge in [0.1, 0.15) is 17.9 Å². The first kappa shape index (κ1) is 23.8. The maximum Gasteiger partial charge on any atom is 0.255 e. The highest BCUT2D eigenvalue weighted by atomic mass is 16.3. The van der Waals surface area contributed by atoms with E-state index in [0.717, 1.165) is 54.9 Å². The molecule has 4 aliphatic rings. The lowest BCUT2D eigenvalue weighted by atomic mass is 10.0.